The number of rotatable bonds is 8. The molecule has 0 spiro atoms. The maximum atomic E-state index is 10.7. The predicted molar refractivity (Wildman–Crippen MR) is 112 cm³/mol. The highest BCUT2D eigenvalue weighted by atomic mass is 16.3. The summed E-state index contributed by atoms with van der Waals surface area (Å²) in [6, 6.07) is 0. The van der Waals surface area contributed by atoms with Gasteiger partial charge in [-0.05, 0) is 68.6 Å². The minimum Gasteiger partial charge on any atom is -0.393 e. The molecule has 2 saturated carbocycles. The van der Waals surface area contributed by atoms with Gasteiger partial charge in [0.15, 0.2) is 0 Å². The van der Waals surface area contributed by atoms with Gasteiger partial charge in [0.05, 0.1) is 6.10 Å². The van der Waals surface area contributed by atoms with Gasteiger partial charge in [-0.1, -0.05) is 82.8 Å². The topological polar surface area (TPSA) is 20.2 Å². The van der Waals surface area contributed by atoms with Crippen molar-refractivity contribution in [2.45, 2.75) is 122 Å². The molecule has 1 heteroatoms. The number of aliphatic hydroxyl groups excluding tert-OH is 1. The molecule has 0 aromatic rings. The van der Waals surface area contributed by atoms with Crippen molar-refractivity contribution >= 4 is 0 Å². The van der Waals surface area contributed by atoms with Crippen LogP contribution in [0.25, 0.3) is 0 Å². The third-order valence-electron chi connectivity index (χ3n) is 7.96. The van der Waals surface area contributed by atoms with E-state index in [9.17, 15) is 5.11 Å². The summed E-state index contributed by atoms with van der Waals surface area (Å²) in [6.07, 6.45) is 25.8. The second-order valence-electron chi connectivity index (χ2n) is 9.88. The molecule has 0 heterocycles. The van der Waals surface area contributed by atoms with E-state index < -0.39 is 0 Å². The monoisotopic (exact) mass is 360 g/mol. The number of aliphatic hydroxyl groups is 1. The Bertz CT molecular complexity index is 420. The molecule has 1 N–H and O–H groups in total. The maximum Gasteiger partial charge on any atom is 0.0571 e. The summed E-state index contributed by atoms with van der Waals surface area (Å²) in [4.78, 5) is 0. The summed E-state index contributed by atoms with van der Waals surface area (Å²) in [5.41, 5.74) is 1.58. The molecule has 1 nitrogen and oxygen atoms in total. The van der Waals surface area contributed by atoms with Crippen molar-refractivity contribution in [2.24, 2.45) is 23.7 Å². The zero-order valence-corrected chi connectivity index (χ0v) is 17.4. The molecule has 3 aliphatic rings. The maximum absolute atomic E-state index is 10.7. The van der Waals surface area contributed by atoms with Crippen molar-refractivity contribution in [3.8, 4) is 0 Å². The van der Waals surface area contributed by atoms with Crippen molar-refractivity contribution < 1.29 is 5.11 Å². The Morgan fingerprint density at radius 3 is 2.35 bits per heavy atom. The third-order valence-corrected chi connectivity index (χ3v) is 7.96. The molecular formula is C25H44O. The summed E-state index contributed by atoms with van der Waals surface area (Å²) in [6.45, 7) is 2.26. The lowest BCUT2D eigenvalue weighted by atomic mass is 9.74. The highest BCUT2D eigenvalue weighted by Crippen LogP contribution is 2.38. The standard InChI is InChI=1S/C25H44O/c1-2-20-10-7-13-24(19-20)25(26)17-16-23-12-6-11-22(18-23)15-14-21-8-4-3-5-9-21/h10,21-26H,2-9,11-19H2,1H3/t22-,23?,24?,25+/m1/s1. The zero-order chi connectivity index (χ0) is 18.2. The summed E-state index contributed by atoms with van der Waals surface area (Å²) >= 11 is 0. The van der Waals surface area contributed by atoms with Crippen LogP contribution in [0.3, 0.4) is 0 Å². The highest BCUT2D eigenvalue weighted by molar-refractivity contribution is 5.07. The Labute approximate surface area is 163 Å². The van der Waals surface area contributed by atoms with Gasteiger partial charge in [-0.25, -0.2) is 0 Å². The molecule has 0 saturated heterocycles. The minimum absolute atomic E-state index is 0.0483. The van der Waals surface area contributed by atoms with Crippen LogP contribution < -0.4 is 0 Å². The van der Waals surface area contributed by atoms with Gasteiger partial charge in [0, 0.05) is 0 Å². The lowest BCUT2D eigenvalue weighted by molar-refractivity contribution is 0.0793. The smallest absolute Gasteiger partial charge is 0.0571 e. The van der Waals surface area contributed by atoms with Gasteiger partial charge in [-0.2, -0.15) is 0 Å². The lowest BCUT2D eigenvalue weighted by Crippen LogP contribution is -2.25. The zero-order valence-electron chi connectivity index (χ0n) is 17.4. The van der Waals surface area contributed by atoms with Crippen molar-refractivity contribution in [3.63, 3.8) is 0 Å². The van der Waals surface area contributed by atoms with Crippen molar-refractivity contribution in [3.05, 3.63) is 11.6 Å². The first-order valence-corrected chi connectivity index (χ1v) is 12.1. The van der Waals surface area contributed by atoms with E-state index in [1.165, 1.54) is 96.3 Å². The van der Waals surface area contributed by atoms with E-state index in [4.69, 9.17) is 0 Å². The molecular weight excluding hydrogens is 316 g/mol. The molecule has 0 bridgehead atoms. The van der Waals surface area contributed by atoms with Gasteiger partial charge in [0.25, 0.3) is 0 Å². The van der Waals surface area contributed by atoms with Gasteiger partial charge in [-0.3, -0.25) is 0 Å². The summed E-state index contributed by atoms with van der Waals surface area (Å²) < 4.78 is 0. The number of hydrogen-bond acceptors (Lipinski definition) is 1. The normalized spacial score (nSPS) is 32.2. The van der Waals surface area contributed by atoms with E-state index in [0.29, 0.717) is 5.92 Å². The van der Waals surface area contributed by atoms with E-state index in [1.807, 2.05) is 0 Å². The van der Waals surface area contributed by atoms with Crippen molar-refractivity contribution in [1.82, 2.24) is 0 Å². The quantitative estimate of drug-likeness (QED) is 0.446. The molecule has 26 heavy (non-hydrogen) atoms. The molecule has 0 aromatic heterocycles. The fraction of sp³-hybridized carbons (Fsp3) is 0.920. The summed E-state index contributed by atoms with van der Waals surface area (Å²) in [7, 11) is 0. The number of hydrogen-bond donors (Lipinski definition) is 1. The fourth-order valence-electron chi connectivity index (χ4n) is 6.16. The van der Waals surface area contributed by atoms with E-state index >= 15 is 0 Å². The third kappa shape index (κ3) is 6.39. The van der Waals surface area contributed by atoms with Gasteiger partial charge < -0.3 is 5.11 Å². The Morgan fingerprint density at radius 2 is 1.58 bits per heavy atom. The molecule has 0 radical (unpaired) electrons. The lowest BCUT2D eigenvalue weighted by Gasteiger charge is -2.32. The molecule has 4 atom stereocenters. The van der Waals surface area contributed by atoms with Crippen LogP contribution in [-0.4, -0.2) is 11.2 Å². The molecule has 0 amide bonds. The Morgan fingerprint density at radius 1 is 0.885 bits per heavy atom. The SMILES string of the molecule is CCC1=CCCC([C@@H](O)CCC2CCC[C@H](CCC3CCCCC3)C2)C1. The van der Waals surface area contributed by atoms with Crippen LogP contribution in [0.15, 0.2) is 11.6 Å². The summed E-state index contributed by atoms with van der Waals surface area (Å²) in [5.74, 6) is 3.50. The van der Waals surface area contributed by atoms with E-state index in [2.05, 4.69) is 13.0 Å². The van der Waals surface area contributed by atoms with Crippen LogP contribution >= 0.6 is 0 Å². The van der Waals surface area contributed by atoms with E-state index in [-0.39, 0.29) is 6.10 Å². The van der Waals surface area contributed by atoms with Crippen LogP contribution in [0.2, 0.25) is 0 Å². The molecule has 2 fully saturated rings. The van der Waals surface area contributed by atoms with Crippen LogP contribution in [0.5, 0.6) is 0 Å². The van der Waals surface area contributed by atoms with E-state index in [1.54, 1.807) is 5.57 Å². The largest absolute Gasteiger partial charge is 0.393 e. The molecule has 3 aliphatic carbocycles. The van der Waals surface area contributed by atoms with E-state index in [0.717, 1.165) is 30.6 Å². The van der Waals surface area contributed by atoms with Gasteiger partial charge >= 0.3 is 0 Å². The fourth-order valence-corrected chi connectivity index (χ4v) is 6.16. The predicted octanol–water partition coefficient (Wildman–Crippen LogP) is 7.43. The van der Waals surface area contributed by atoms with Gasteiger partial charge in [0.2, 0.25) is 0 Å². The van der Waals surface area contributed by atoms with Crippen LogP contribution in [-0.2, 0) is 0 Å². The first-order valence-electron chi connectivity index (χ1n) is 12.1. The molecule has 3 rings (SSSR count). The highest BCUT2D eigenvalue weighted by Gasteiger charge is 2.26. The second kappa shape index (κ2) is 10.9. The average Bonchev–Trinajstić information content (AvgIpc) is 2.71. The van der Waals surface area contributed by atoms with Crippen LogP contribution in [0.1, 0.15) is 116 Å². The molecule has 150 valence electrons. The number of allylic oxidation sites excluding steroid dienone is 2. The Kier molecular flexibility index (Phi) is 8.56. The van der Waals surface area contributed by atoms with Crippen LogP contribution in [0, 0.1) is 23.7 Å². The average molecular weight is 361 g/mol. The molecule has 2 unspecified atom stereocenters. The van der Waals surface area contributed by atoms with Crippen LogP contribution in [0.4, 0.5) is 0 Å². The first kappa shape index (κ1) is 20.4. The van der Waals surface area contributed by atoms with Crippen molar-refractivity contribution in [1.29, 1.82) is 0 Å². The summed E-state index contributed by atoms with van der Waals surface area (Å²) in [5, 5.41) is 10.7. The van der Waals surface area contributed by atoms with Gasteiger partial charge in [-0.15, -0.1) is 0 Å². The van der Waals surface area contributed by atoms with Gasteiger partial charge in [0.1, 0.15) is 0 Å². The van der Waals surface area contributed by atoms with Crippen molar-refractivity contribution in [2.75, 3.05) is 0 Å². The second-order valence-corrected chi connectivity index (χ2v) is 9.88. The Hall–Kier alpha value is -0.300. The minimum atomic E-state index is -0.0483. The molecule has 0 aromatic carbocycles. The first-order chi connectivity index (χ1) is 12.7. The Balaban J connectivity index is 1.34. The molecule has 0 aliphatic heterocycles.